The highest BCUT2D eigenvalue weighted by molar-refractivity contribution is 7.16. The second-order valence-corrected chi connectivity index (χ2v) is 6.71. The molecule has 0 saturated carbocycles. The average Bonchev–Trinajstić information content (AvgIpc) is 2.91. The van der Waals surface area contributed by atoms with E-state index in [1.807, 2.05) is 6.07 Å². The minimum Gasteiger partial charge on any atom is -0.476 e. The van der Waals surface area contributed by atoms with E-state index in [-0.39, 0.29) is 5.69 Å². The Bertz CT molecular complexity index is 665. The van der Waals surface area contributed by atoms with Crippen LogP contribution in [0.2, 0.25) is 4.34 Å². The number of rotatable bonds is 3. The van der Waals surface area contributed by atoms with Gasteiger partial charge in [0.05, 0.1) is 4.34 Å². The molecule has 3 rings (SSSR count). The van der Waals surface area contributed by atoms with Gasteiger partial charge in [0.25, 0.3) is 0 Å². The molecule has 0 saturated heterocycles. The van der Waals surface area contributed by atoms with E-state index in [0.29, 0.717) is 6.54 Å². The van der Waals surface area contributed by atoms with E-state index in [9.17, 15) is 4.79 Å². The Kier molecular flexibility index (Phi) is 3.54. The Morgan fingerprint density at radius 2 is 2.40 bits per heavy atom. The van der Waals surface area contributed by atoms with Crippen molar-refractivity contribution in [2.45, 2.75) is 19.5 Å². The lowest BCUT2D eigenvalue weighted by Gasteiger charge is -2.26. The SMILES string of the molecule is Cn1cc(CN2CCc3sc(Cl)cc3C2)c(C(=O)O)n1. The number of aryl methyl sites for hydroxylation is 1. The van der Waals surface area contributed by atoms with Gasteiger partial charge in [-0.15, -0.1) is 11.3 Å². The highest BCUT2D eigenvalue weighted by Gasteiger charge is 2.22. The fourth-order valence-electron chi connectivity index (χ4n) is 2.56. The predicted octanol–water partition coefficient (Wildman–Crippen LogP) is 2.39. The summed E-state index contributed by atoms with van der Waals surface area (Å²) < 4.78 is 2.37. The standard InChI is InChI=1S/C13H14ClN3O2S/c1-16-5-9(12(15-16)13(18)19)7-17-3-2-10-8(6-17)4-11(14)20-10/h4-5H,2-3,6-7H2,1H3,(H,18,19). The van der Waals surface area contributed by atoms with Crippen LogP contribution in [0.3, 0.4) is 0 Å². The van der Waals surface area contributed by atoms with Crippen LogP contribution in [0.5, 0.6) is 0 Å². The van der Waals surface area contributed by atoms with Gasteiger partial charge in [-0.05, 0) is 18.1 Å². The number of thiophene rings is 1. The molecule has 0 aliphatic carbocycles. The number of hydrogen-bond acceptors (Lipinski definition) is 4. The fraction of sp³-hybridized carbons (Fsp3) is 0.385. The number of nitrogens with zero attached hydrogens (tertiary/aromatic N) is 3. The molecular formula is C13H14ClN3O2S. The zero-order chi connectivity index (χ0) is 14.3. The van der Waals surface area contributed by atoms with Gasteiger partial charge in [-0.1, -0.05) is 11.6 Å². The van der Waals surface area contributed by atoms with Crippen LogP contribution in [0.15, 0.2) is 12.3 Å². The molecule has 20 heavy (non-hydrogen) atoms. The van der Waals surface area contributed by atoms with Crippen LogP contribution in [-0.2, 0) is 26.6 Å². The Labute approximate surface area is 125 Å². The van der Waals surface area contributed by atoms with E-state index < -0.39 is 5.97 Å². The average molecular weight is 312 g/mol. The first-order chi connectivity index (χ1) is 9.52. The van der Waals surface area contributed by atoms with Gasteiger partial charge in [-0.25, -0.2) is 4.79 Å². The maximum absolute atomic E-state index is 11.2. The zero-order valence-corrected chi connectivity index (χ0v) is 12.5. The van der Waals surface area contributed by atoms with Crippen molar-refractivity contribution in [2.24, 2.45) is 7.05 Å². The normalized spacial score (nSPS) is 15.3. The maximum Gasteiger partial charge on any atom is 0.356 e. The molecule has 2 aromatic heterocycles. The van der Waals surface area contributed by atoms with Crippen molar-refractivity contribution in [1.29, 1.82) is 0 Å². The Morgan fingerprint density at radius 3 is 3.15 bits per heavy atom. The number of carbonyl (C=O) groups is 1. The summed E-state index contributed by atoms with van der Waals surface area (Å²) in [5, 5.41) is 13.2. The lowest BCUT2D eigenvalue weighted by molar-refractivity contribution is 0.0687. The van der Waals surface area contributed by atoms with Crippen molar-refractivity contribution in [1.82, 2.24) is 14.7 Å². The summed E-state index contributed by atoms with van der Waals surface area (Å²) in [6.45, 7) is 2.33. The van der Waals surface area contributed by atoms with E-state index in [1.54, 1.807) is 29.3 Å². The van der Waals surface area contributed by atoms with Gasteiger partial charge in [0, 0.05) is 43.3 Å². The van der Waals surface area contributed by atoms with Gasteiger partial charge in [-0.2, -0.15) is 5.10 Å². The number of aromatic nitrogens is 2. The largest absolute Gasteiger partial charge is 0.476 e. The van der Waals surface area contributed by atoms with Crippen LogP contribution < -0.4 is 0 Å². The van der Waals surface area contributed by atoms with Gasteiger partial charge < -0.3 is 5.11 Å². The minimum atomic E-state index is -0.975. The smallest absolute Gasteiger partial charge is 0.356 e. The van der Waals surface area contributed by atoms with Gasteiger partial charge in [0.2, 0.25) is 0 Å². The second kappa shape index (κ2) is 5.20. The van der Waals surface area contributed by atoms with Crippen LogP contribution in [0.25, 0.3) is 0 Å². The van der Waals surface area contributed by atoms with E-state index in [2.05, 4.69) is 10.00 Å². The molecule has 7 heteroatoms. The summed E-state index contributed by atoms with van der Waals surface area (Å²) in [4.78, 5) is 14.7. The van der Waals surface area contributed by atoms with Crippen LogP contribution >= 0.6 is 22.9 Å². The Balaban J connectivity index is 1.78. The van der Waals surface area contributed by atoms with Crippen LogP contribution in [0.4, 0.5) is 0 Å². The van der Waals surface area contributed by atoms with Crippen molar-refractivity contribution in [2.75, 3.05) is 6.54 Å². The highest BCUT2D eigenvalue weighted by Crippen LogP contribution is 2.31. The van der Waals surface area contributed by atoms with Crippen molar-refractivity contribution >= 4 is 28.9 Å². The van der Waals surface area contributed by atoms with E-state index in [1.165, 1.54) is 10.4 Å². The maximum atomic E-state index is 11.2. The van der Waals surface area contributed by atoms with Crippen molar-refractivity contribution in [3.05, 3.63) is 38.3 Å². The first kappa shape index (κ1) is 13.6. The number of fused-ring (bicyclic) bond motifs is 1. The fourth-order valence-corrected chi connectivity index (χ4v) is 3.86. The summed E-state index contributed by atoms with van der Waals surface area (Å²) in [6, 6.07) is 2.01. The molecule has 2 aromatic rings. The highest BCUT2D eigenvalue weighted by atomic mass is 35.5. The topological polar surface area (TPSA) is 58.4 Å². The molecule has 1 aliphatic rings. The summed E-state index contributed by atoms with van der Waals surface area (Å²) in [5.74, 6) is -0.975. The molecule has 1 N–H and O–H groups in total. The molecule has 0 bridgehead atoms. The quantitative estimate of drug-likeness (QED) is 0.945. The Hall–Kier alpha value is -1.37. The summed E-state index contributed by atoms with van der Waals surface area (Å²) in [7, 11) is 1.74. The van der Waals surface area contributed by atoms with Crippen molar-refractivity contribution in [3.8, 4) is 0 Å². The molecule has 0 atom stereocenters. The van der Waals surface area contributed by atoms with Gasteiger partial charge in [-0.3, -0.25) is 9.58 Å². The number of halogens is 1. The molecule has 0 radical (unpaired) electrons. The van der Waals surface area contributed by atoms with Crippen LogP contribution in [-0.4, -0.2) is 32.3 Å². The van der Waals surface area contributed by atoms with E-state index in [4.69, 9.17) is 16.7 Å². The van der Waals surface area contributed by atoms with Crippen LogP contribution in [0.1, 0.15) is 26.5 Å². The minimum absolute atomic E-state index is 0.140. The summed E-state index contributed by atoms with van der Waals surface area (Å²) in [6.07, 6.45) is 2.74. The molecule has 3 heterocycles. The van der Waals surface area contributed by atoms with E-state index in [0.717, 1.165) is 29.4 Å². The number of carboxylic acid groups (broad SMARTS) is 1. The molecule has 0 amide bonds. The second-order valence-electron chi connectivity index (χ2n) is 4.94. The first-order valence-corrected chi connectivity index (χ1v) is 7.47. The molecule has 0 unspecified atom stereocenters. The lowest BCUT2D eigenvalue weighted by atomic mass is 10.1. The molecule has 0 fully saturated rings. The lowest BCUT2D eigenvalue weighted by Crippen LogP contribution is -2.29. The third kappa shape index (κ3) is 2.59. The first-order valence-electron chi connectivity index (χ1n) is 6.28. The number of carboxylic acids is 1. The molecule has 1 aliphatic heterocycles. The van der Waals surface area contributed by atoms with Gasteiger partial charge >= 0.3 is 5.97 Å². The molecule has 0 spiro atoms. The van der Waals surface area contributed by atoms with Gasteiger partial charge in [0.1, 0.15) is 0 Å². The monoisotopic (exact) mass is 311 g/mol. The molecular weight excluding hydrogens is 298 g/mol. The number of aromatic carboxylic acids is 1. The predicted molar refractivity (Wildman–Crippen MR) is 77.3 cm³/mol. The van der Waals surface area contributed by atoms with Crippen LogP contribution in [0, 0.1) is 0 Å². The van der Waals surface area contributed by atoms with Gasteiger partial charge in [0.15, 0.2) is 5.69 Å². The van der Waals surface area contributed by atoms with Crippen molar-refractivity contribution in [3.63, 3.8) is 0 Å². The zero-order valence-electron chi connectivity index (χ0n) is 11.0. The molecule has 0 aromatic carbocycles. The molecule has 106 valence electrons. The van der Waals surface area contributed by atoms with E-state index >= 15 is 0 Å². The van der Waals surface area contributed by atoms with Crippen molar-refractivity contribution < 1.29 is 9.90 Å². The number of hydrogen-bond donors (Lipinski definition) is 1. The molecule has 5 nitrogen and oxygen atoms in total. The third-order valence-electron chi connectivity index (χ3n) is 3.42. The third-order valence-corrected chi connectivity index (χ3v) is 4.78. The summed E-state index contributed by atoms with van der Waals surface area (Å²) in [5.41, 5.74) is 2.15. The summed E-state index contributed by atoms with van der Waals surface area (Å²) >= 11 is 7.68. The Morgan fingerprint density at radius 1 is 1.60 bits per heavy atom.